The molecule has 0 saturated heterocycles. The van der Waals surface area contributed by atoms with Crippen molar-refractivity contribution in [3.05, 3.63) is 11.8 Å². The van der Waals surface area contributed by atoms with Gasteiger partial charge in [0.25, 0.3) is 10.0 Å². The van der Waals surface area contributed by atoms with Crippen LogP contribution in [0.4, 0.5) is 0 Å². The number of rotatable bonds is 7. The first-order chi connectivity index (χ1) is 7.97. The number of nitrogens with one attached hydrogen (secondary N) is 2. The number of nitrogens with two attached hydrogens (primary N) is 1. The topological polar surface area (TPSA) is 101 Å². The number of nitrogens with zero attached hydrogens (tertiary/aromatic N) is 1. The maximum absolute atomic E-state index is 11.9. The van der Waals surface area contributed by atoms with Crippen LogP contribution in [-0.4, -0.2) is 25.2 Å². The molecule has 0 bridgehead atoms. The molecule has 1 heterocycles. The van der Waals surface area contributed by atoms with E-state index in [4.69, 9.17) is 5.73 Å². The molecule has 0 atom stereocenters. The molecule has 0 aromatic carbocycles. The van der Waals surface area contributed by atoms with E-state index in [9.17, 15) is 8.42 Å². The van der Waals surface area contributed by atoms with Gasteiger partial charge in [-0.05, 0) is 18.8 Å². The Morgan fingerprint density at radius 1 is 1.53 bits per heavy atom. The number of H-pyrrole nitrogens is 1. The van der Waals surface area contributed by atoms with Crippen molar-refractivity contribution in [2.24, 2.45) is 11.7 Å². The highest BCUT2D eigenvalue weighted by Crippen LogP contribution is 2.11. The van der Waals surface area contributed by atoms with Gasteiger partial charge < -0.3 is 5.73 Å². The number of hydrogen-bond acceptors (Lipinski definition) is 4. The summed E-state index contributed by atoms with van der Waals surface area (Å²) < 4.78 is 26.3. The molecule has 0 fully saturated rings. The van der Waals surface area contributed by atoms with Crippen LogP contribution in [0.15, 0.2) is 11.2 Å². The Balaban J connectivity index is 2.57. The molecule has 0 aliphatic carbocycles. The summed E-state index contributed by atoms with van der Waals surface area (Å²) in [6.45, 7) is 4.80. The van der Waals surface area contributed by atoms with Crippen LogP contribution >= 0.6 is 0 Å². The summed E-state index contributed by atoms with van der Waals surface area (Å²) in [6.07, 6.45) is 3.25. The average molecular weight is 260 g/mol. The molecule has 98 valence electrons. The van der Waals surface area contributed by atoms with E-state index in [-0.39, 0.29) is 11.6 Å². The zero-order chi connectivity index (χ0) is 12.9. The van der Waals surface area contributed by atoms with Crippen LogP contribution in [0.3, 0.4) is 0 Å². The molecule has 0 saturated carbocycles. The van der Waals surface area contributed by atoms with E-state index in [1.54, 1.807) is 0 Å². The number of aromatic nitrogens is 2. The molecule has 17 heavy (non-hydrogen) atoms. The summed E-state index contributed by atoms with van der Waals surface area (Å²) in [5.41, 5.74) is 5.94. The number of sulfonamides is 1. The standard InChI is InChI=1S/C10H20N4O2S/c1-8(2)4-3-5-13-17(15,16)10-9(6-11)7-12-14-10/h7-8,13H,3-6,11H2,1-2H3,(H,12,14). The second kappa shape index (κ2) is 6.13. The average Bonchev–Trinajstić information content (AvgIpc) is 2.73. The Bertz CT molecular complexity index is 439. The maximum Gasteiger partial charge on any atom is 0.257 e. The normalized spacial score (nSPS) is 12.2. The van der Waals surface area contributed by atoms with Crippen molar-refractivity contribution in [3.8, 4) is 0 Å². The summed E-state index contributed by atoms with van der Waals surface area (Å²) >= 11 is 0. The highest BCUT2D eigenvalue weighted by Gasteiger charge is 2.19. The minimum Gasteiger partial charge on any atom is -0.326 e. The van der Waals surface area contributed by atoms with E-state index in [0.29, 0.717) is 18.0 Å². The van der Waals surface area contributed by atoms with Crippen molar-refractivity contribution in [1.29, 1.82) is 0 Å². The quantitative estimate of drug-likeness (QED) is 0.624. The smallest absolute Gasteiger partial charge is 0.257 e. The lowest BCUT2D eigenvalue weighted by atomic mass is 10.1. The zero-order valence-corrected chi connectivity index (χ0v) is 11.0. The van der Waals surface area contributed by atoms with Gasteiger partial charge in [-0.15, -0.1) is 0 Å². The minimum absolute atomic E-state index is 0.0737. The monoisotopic (exact) mass is 260 g/mol. The van der Waals surface area contributed by atoms with Crippen molar-refractivity contribution >= 4 is 10.0 Å². The first-order valence-electron chi connectivity index (χ1n) is 5.69. The number of aromatic amines is 1. The lowest BCUT2D eigenvalue weighted by Crippen LogP contribution is -2.26. The lowest BCUT2D eigenvalue weighted by molar-refractivity contribution is 0.538. The van der Waals surface area contributed by atoms with Crippen LogP contribution < -0.4 is 10.5 Å². The number of hydrogen-bond donors (Lipinski definition) is 3. The van der Waals surface area contributed by atoms with E-state index < -0.39 is 10.0 Å². The zero-order valence-electron chi connectivity index (χ0n) is 10.2. The molecule has 0 radical (unpaired) electrons. The SMILES string of the molecule is CC(C)CCCNS(=O)(=O)c1[nH]ncc1CN. The van der Waals surface area contributed by atoms with Crippen LogP contribution in [0, 0.1) is 5.92 Å². The van der Waals surface area contributed by atoms with Gasteiger partial charge in [-0.1, -0.05) is 13.8 Å². The fourth-order valence-electron chi connectivity index (χ4n) is 1.47. The van der Waals surface area contributed by atoms with Gasteiger partial charge in [0, 0.05) is 18.7 Å². The van der Waals surface area contributed by atoms with Crippen LogP contribution in [0.2, 0.25) is 0 Å². The van der Waals surface area contributed by atoms with Crippen molar-refractivity contribution in [2.75, 3.05) is 6.54 Å². The van der Waals surface area contributed by atoms with Gasteiger partial charge in [0.15, 0.2) is 5.03 Å². The molecule has 0 unspecified atom stereocenters. The molecule has 1 rings (SSSR count). The Morgan fingerprint density at radius 3 is 2.82 bits per heavy atom. The Hall–Kier alpha value is -0.920. The molecule has 1 aromatic heterocycles. The van der Waals surface area contributed by atoms with Crippen molar-refractivity contribution < 1.29 is 8.42 Å². The van der Waals surface area contributed by atoms with Crippen LogP contribution in [0.5, 0.6) is 0 Å². The highest BCUT2D eigenvalue weighted by atomic mass is 32.2. The molecule has 4 N–H and O–H groups in total. The van der Waals surface area contributed by atoms with Crippen molar-refractivity contribution in [2.45, 2.75) is 38.3 Å². The Morgan fingerprint density at radius 2 is 2.24 bits per heavy atom. The largest absolute Gasteiger partial charge is 0.326 e. The molecular formula is C10H20N4O2S. The van der Waals surface area contributed by atoms with Gasteiger partial charge >= 0.3 is 0 Å². The van der Waals surface area contributed by atoms with Gasteiger partial charge in [-0.2, -0.15) is 5.10 Å². The van der Waals surface area contributed by atoms with Gasteiger partial charge in [-0.3, -0.25) is 5.10 Å². The predicted molar refractivity (Wildman–Crippen MR) is 65.7 cm³/mol. The van der Waals surface area contributed by atoms with Gasteiger partial charge in [0.05, 0.1) is 6.20 Å². The van der Waals surface area contributed by atoms with E-state index in [2.05, 4.69) is 28.8 Å². The lowest BCUT2D eigenvalue weighted by Gasteiger charge is -2.07. The maximum atomic E-state index is 11.9. The Kier molecular flexibility index (Phi) is 5.10. The fraction of sp³-hybridized carbons (Fsp3) is 0.700. The molecular weight excluding hydrogens is 240 g/mol. The van der Waals surface area contributed by atoms with E-state index in [1.807, 2.05) is 0 Å². The predicted octanol–water partition coefficient (Wildman–Crippen LogP) is 0.583. The Labute approximate surface area is 102 Å². The molecule has 0 aliphatic rings. The van der Waals surface area contributed by atoms with Gasteiger partial charge in [-0.25, -0.2) is 13.1 Å². The molecule has 6 nitrogen and oxygen atoms in total. The molecule has 1 aromatic rings. The second-order valence-corrected chi connectivity index (χ2v) is 6.07. The fourth-order valence-corrected chi connectivity index (χ4v) is 2.68. The van der Waals surface area contributed by atoms with Crippen LogP contribution in [0.25, 0.3) is 0 Å². The molecule has 0 aliphatic heterocycles. The van der Waals surface area contributed by atoms with E-state index in [0.717, 1.165) is 12.8 Å². The molecule has 7 heteroatoms. The second-order valence-electron chi connectivity index (χ2n) is 4.36. The summed E-state index contributed by atoms with van der Waals surface area (Å²) in [7, 11) is -3.51. The highest BCUT2D eigenvalue weighted by molar-refractivity contribution is 7.89. The van der Waals surface area contributed by atoms with Gasteiger partial charge in [0.1, 0.15) is 0 Å². The van der Waals surface area contributed by atoms with Crippen molar-refractivity contribution in [1.82, 2.24) is 14.9 Å². The van der Waals surface area contributed by atoms with Gasteiger partial charge in [0.2, 0.25) is 0 Å². The molecule has 0 spiro atoms. The first-order valence-corrected chi connectivity index (χ1v) is 7.17. The van der Waals surface area contributed by atoms with E-state index in [1.165, 1.54) is 6.20 Å². The summed E-state index contributed by atoms with van der Waals surface area (Å²) in [6, 6.07) is 0. The summed E-state index contributed by atoms with van der Waals surface area (Å²) in [5.74, 6) is 0.575. The minimum atomic E-state index is -3.51. The molecule has 0 amide bonds. The third-order valence-corrected chi connectivity index (χ3v) is 3.89. The van der Waals surface area contributed by atoms with Crippen molar-refractivity contribution in [3.63, 3.8) is 0 Å². The third kappa shape index (κ3) is 4.10. The van der Waals surface area contributed by atoms with E-state index >= 15 is 0 Å². The summed E-state index contributed by atoms with van der Waals surface area (Å²) in [4.78, 5) is 0. The van der Waals surface area contributed by atoms with Crippen LogP contribution in [-0.2, 0) is 16.6 Å². The third-order valence-electron chi connectivity index (χ3n) is 2.42. The summed E-state index contributed by atoms with van der Waals surface area (Å²) in [5, 5.41) is 6.23. The first kappa shape index (κ1) is 14.1. The van der Waals surface area contributed by atoms with Crippen LogP contribution in [0.1, 0.15) is 32.3 Å².